The van der Waals surface area contributed by atoms with Gasteiger partial charge in [-0.2, -0.15) is 4.31 Å². The van der Waals surface area contributed by atoms with E-state index in [0.29, 0.717) is 6.54 Å². The van der Waals surface area contributed by atoms with E-state index in [9.17, 15) is 8.42 Å². The molecule has 1 unspecified atom stereocenters. The summed E-state index contributed by atoms with van der Waals surface area (Å²) in [5.74, 6) is 0. The van der Waals surface area contributed by atoms with Gasteiger partial charge in [-0.05, 0) is 39.2 Å². The van der Waals surface area contributed by atoms with Crippen molar-refractivity contribution in [3.05, 3.63) is 16.1 Å². The zero-order valence-electron chi connectivity index (χ0n) is 12.7. The number of sulfonamides is 1. The summed E-state index contributed by atoms with van der Waals surface area (Å²) in [6.45, 7) is 5.42. The Morgan fingerprint density at radius 1 is 1.33 bits per heavy atom. The zero-order valence-corrected chi connectivity index (χ0v) is 14.3. The smallest absolute Gasteiger partial charge is 0.211 e. The van der Waals surface area contributed by atoms with Crippen LogP contribution in [0.15, 0.2) is 5.38 Å². The maximum atomic E-state index is 12.1. The number of aromatic nitrogens is 1. The van der Waals surface area contributed by atoms with Crippen molar-refractivity contribution < 1.29 is 8.42 Å². The minimum absolute atomic E-state index is 0.170. The summed E-state index contributed by atoms with van der Waals surface area (Å²) < 4.78 is 25.9. The van der Waals surface area contributed by atoms with Gasteiger partial charge in [-0.25, -0.2) is 13.4 Å². The van der Waals surface area contributed by atoms with E-state index in [4.69, 9.17) is 0 Å². The van der Waals surface area contributed by atoms with E-state index in [1.165, 1.54) is 6.26 Å². The molecule has 3 rings (SSSR count). The van der Waals surface area contributed by atoms with E-state index < -0.39 is 10.0 Å². The number of nitrogens with zero attached hydrogens (tertiary/aromatic N) is 3. The van der Waals surface area contributed by atoms with E-state index in [2.05, 4.69) is 15.3 Å². The Kier molecular flexibility index (Phi) is 4.11. The number of thiazole rings is 1. The molecule has 2 fully saturated rings. The average molecular weight is 329 g/mol. The van der Waals surface area contributed by atoms with E-state index in [1.807, 2.05) is 6.92 Å². The van der Waals surface area contributed by atoms with Crippen LogP contribution >= 0.6 is 11.3 Å². The van der Waals surface area contributed by atoms with E-state index in [-0.39, 0.29) is 5.54 Å². The lowest BCUT2D eigenvalue weighted by atomic mass is 9.87. The molecule has 1 aromatic rings. The van der Waals surface area contributed by atoms with Gasteiger partial charge in [0.2, 0.25) is 10.0 Å². The zero-order chi connectivity index (χ0) is 15.1. The number of piperidine rings is 1. The van der Waals surface area contributed by atoms with Crippen molar-refractivity contribution >= 4 is 21.4 Å². The Morgan fingerprint density at radius 3 is 2.67 bits per heavy atom. The standard InChI is InChI=1S/C14H23N3O2S2/c1-12-15-13(10-20-12)9-16-7-3-5-14(11-16)6-4-8-17(14)21(2,18)19/h10H,3-9,11H2,1-2H3. The maximum Gasteiger partial charge on any atom is 0.211 e. The van der Waals surface area contributed by atoms with Crippen molar-refractivity contribution in [3.8, 4) is 0 Å². The summed E-state index contributed by atoms with van der Waals surface area (Å²) in [6.07, 6.45) is 5.38. The Bertz CT molecular complexity index is 613. The third-order valence-electron chi connectivity index (χ3n) is 4.62. The molecule has 0 N–H and O–H groups in total. The number of hydrogen-bond acceptors (Lipinski definition) is 5. The van der Waals surface area contributed by atoms with Gasteiger partial charge in [0, 0.05) is 30.6 Å². The van der Waals surface area contributed by atoms with E-state index >= 15 is 0 Å². The lowest BCUT2D eigenvalue weighted by molar-refractivity contribution is 0.0834. The predicted molar refractivity (Wildman–Crippen MR) is 84.9 cm³/mol. The Hall–Kier alpha value is -0.500. The molecule has 0 radical (unpaired) electrons. The number of aryl methyl sites for hydroxylation is 1. The van der Waals surface area contributed by atoms with Crippen LogP contribution < -0.4 is 0 Å². The van der Waals surface area contributed by atoms with Gasteiger partial charge in [0.05, 0.1) is 17.0 Å². The average Bonchev–Trinajstić information content (AvgIpc) is 2.96. The summed E-state index contributed by atoms with van der Waals surface area (Å²) in [6, 6.07) is 0. The fraction of sp³-hybridized carbons (Fsp3) is 0.786. The fourth-order valence-corrected chi connectivity index (χ4v) is 5.90. The first-order chi connectivity index (χ1) is 9.89. The normalized spacial score (nSPS) is 28.5. The van der Waals surface area contributed by atoms with Gasteiger partial charge in [0.25, 0.3) is 0 Å². The van der Waals surface area contributed by atoms with Crippen molar-refractivity contribution in [3.63, 3.8) is 0 Å². The van der Waals surface area contributed by atoms with Crippen LogP contribution in [0.25, 0.3) is 0 Å². The molecule has 1 atom stereocenters. The van der Waals surface area contributed by atoms with Gasteiger partial charge in [0.15, 0.2) is 0 Å². The molecule has 0 saturated carbocycles. The van der Waals surface area contributed by atoms with Gasteiger partial charge >= 0.3 is 0 Å². The SMILES string of the molecule is Cc1nc(CN2CCCC3(CCCN3S(C)(=O)=O)C2)cs1. The van der Waals surface area contributed by atoms with Crippen molar-refractivity contribution in [2.45, 2.75) is 44.7 Å². The molecule has 1 aromatic heterocycles. The minimum Gasteiger partial charge on any atom is -0.296 e. The van der Waals surface area contributed by atoms with Gasteiger partial charge in [-0.1, -0.05) is 0 Å². The van der Waals surface area contributed by atoms with Crippen LogP contribution in [0.1, 0.15) is 36.4 Å². The molecule has 0 aliphatic carbocycles. The number of rotatable bonds is 3. The summed E-state index contributed by atoms with van der Waals surface area (Å²) in [4.78, 5) is 6.91. The Labute approximate surface area is 131 Å². The second-order valence-corrected chi connectivity index (χ2v) is 9.30. The Morgan fingerprint density at radius 2 is 2.05 bits per heavy atom. The molecular weight excluding hydrogens is 306 g/mol. The highest BCUT2D eigenvalue weighted by atomic mass is 32.2. The molecule has 2 aliphatic heterocycles. The highest BCUT2D eigenvalue weighted by Crippen LogP contribution is 2.39. The van der Waals surface area contributed by atoms with E-state index in [0.717, 1.165) is 56.0 Å². The third kappa shape index (κ3) is 3.16. The molecule has 1 spiro atoms. The first-order valence-electron chi connectivity index (χ1n) is 7.50. The molecule has 0 amide bonds. The van der Waals surface area contributed by atoms with Crippen molar-refractivity contribution in [1.82, 2.24) is 14.2 Å². The highest BCUT2D eigenvalue weighted by Gasteiger charge is 2.47. The largest absolute Gasteiger partial charge is 0.296 e. The van der Waals surface area contributed by atoms with Crippen LogP contribution in [-0.2, 0) is 16.6 Å². The first kappa shape index (κ1) is 15.4. The van der Waals surface area contributed by atoms with Crippen molar-refractivity contribution in [1.29, 1.82) is 0 Å². The van der Waals surface area contributed by atoms with E-state index in [1.54, 1.807) is 15.6 Å². The van der Waals surface area contributed by atoms with Gasteiger partial charge < -0.3 is 0 Å². The third-order valence-corrected chi connectivity index (χ3v) is 6.81. The first-order valence-corrected chi connectivity index (χ1v) is 10.2. The van der Waals surface area contributed by atoms with Crippen molar-refractivity contribution in [2.75, 3.05) is 25.9 Å². The molecule has 0 bridgehead atoms. The Balaban J connectivity index is 1.76. The van der Waals surface area contributed by atoms with Crippen LogP contribution in [0.2, 0.25) is 0 Å². The summed E-state index contributed by atoms with van der Waals surface area (Å²) in [5, 5.41) is 3.20. The molecule has 0 aromatic carbocycles. The lowest BCUT2D eigenvalue weighted by Gasteiger charge is -2.44. The summed E-state index contributed by atoms with van der Waals surface area (Å²) in [5.41, 5.74) is 0.940. The van der Waals surface area contributed by atoms with Gasteiger partial charge in [-0.3, -0.25) is 4.90 Å². The molecule has 21 heavy (non-hydrogen) atoms. The number of hydrogen-bond donors (Lipinski definition) is 0. The molecule has 5 nitrogen and oxygen atoms in total. The molecule has 3 heterocycles. The highest BCUT2D eigenvalue weighted by molar-refractivity contribution is 7.88. The molecular formula is C14H23N3O2S2. The molecule has 7 heteroatoms. The van der Waals surface area contributed by atoms with Crippen LogP contribution in [0, 0.1) is 6.92 Å². The lowest BCUT2D eigenvalue weighted by Crippen LogP contribution is -2.56. The van der Waals surface area contributed by atoms with Crippen LogP contribution in [0.3, 0.4) is 0 Å². The molecule has 2 saturated heterocycles. The van der Waals surface area contributed by atoms with Gasteiger partial charge in [0.1, 0.15) is 0 Å². The summed E-state index contributed by atoms with van der Waals surface area (Å²) >= 11 is 1.68. The van der Waals surface area contributed by atoms with Crippen LogP contribution in [-0.4, -0.2) is 54.0 Å². The summed E-state index contributed by atoms with van der Waals surface area (Å²) in [7, 11) is -3.11. The topological polar surface area (TPSA) is 53.5 Å². The van der Waals surface area contributed by atoms with Crippen molar-refractivity contribution in [2.24, 2.45) is 0 Å². The van der Waals surface area contributed by atoms with Crippen LogP contribution in [0.5, 0.6) is 0 Å². The maximum absolute atomic E-state index is 12.1. The minimum atomic E-state index is -3.11. The molecule has 2 aliphatic rings. The van der Waals surface area contributed by atoms with Crippen LogP contribution in [0.4, 0.5) is 0 Å². The second kappa shape index (κ2) is 5.61. The fourth-order valence-electron chi connectivity index (χ4n) is 3.89. The second-order valence-electron chi connectivity index (χ2n) is 6.34. The monoisotopic (exact) mass is 329 g/mol. The number of likely N-dealkylation sites (tertiary alicyclic amines) is 1. The predicted octanol–water partition coefficient (Wildman–Crippen LogP) is 1.84. The quantitative estimate of drug-likeness (QED) is 0.849. The van der Waals surface area contributed by atoms with Gasteiger partial charge in [-0.15, -0.1) is 11.3 Å². The molecule has 118 valence electrons.